The summed E-state index contributed by atoms with van der Waals surface area (Å²) in [4.78, 5) is 96.8. The number of methoxy groups -OCH3 is 1. The summed E-state index contributed by atoms with van der Waals surface area (Å²) < 4.78 is 48.7. The second kappa shape index (κ2) is 23.5. The molecule has 21 heteroatoms. The molecule has 0 aromatic rings. The number of nitrogens with one attached hydrogen (secondary N) is 3. The zero-order valence-electron chi connectivity index (χ0n) is 32.1. The van der Waals surface area contributed by atoms with Crippen molar-refractivity contribution in [3.05, 3.63) is 0 Å². The summed E-state index contributed by atoms with van der Waals surface area (Å²) in [5.41, 5.74) is -0.614. The zero-order chi connectivity index (χ0) is 41.1. The van der Waals surface area contributed by atoms with Crippen molar-refractivity contribution in [2.24, 2.45) is 0 Å². The number of thioether (sulfide) groups is 1. The van der Waals surface area contributed by atoms with Crippen LogP contribution in [0.4, 0.5) is 4.79 Å². The first-order valence-corrected chi connectivity index (χ1v) is 17.9. The van der Waals surface area contributed by atoms with Crippen LogP contribution in [0.5, 0.6) is 0 Å². The maximum Gasteiger partial charge on any atom is 0.407 e. The lowest BCUT2D eigenvalue weighted by Crippen LogP contribution is -2.68. The molecule has 0 aromatic carbocycles. The minimum atomic E-state index is -2.13. The van der Waals surface area contributed by atoms with Crippen molar-refractivity contribution >= 4 is 59.5 Å². The molecule has 3 N–H and O–H groups in total. The van der Waals surface area contributed by atoms with Crippen LogP contribution in [0.2, 0.25) is 0 Å². The van der Waals surface area contributed by atoms with Gasteiger partial charge in [0, 0.05) is 54.1 Å². The predicted octanol–water partition coefficient (Wildman–Crippen LogP) is -0.0852. The molecular formula is C33H53N3O17S. The molecule has 0 bridgehead atoms. The van der Waals surface area contributed by atoms with Gasteiger partial charge in [-0.1, -0.05) is 0 Å². The summed E-state index contributed by atoms with van der Waals surface area (Å²) in [5.74, 6) is -6.02. The van der Waals surface area contributed by atoms with Gasteiger partial charge in [-0.05, 0) is 20.8 Å². The van der Waals surface area contributed by atoms with E-state index < -0.39 is 108 Å². The van der Waals surface area contributed by atoms with Crippen LogP contribution in [0.25, 0.3) is 0 Å². The number of rotatable bonds is 21. The normalized spacial score (nSPS) is 20.6. The van der Waals surface area contributed by atoms with E-state index in [1.54, 1.807) is 20.8 Å². The van der Waals surface area contributed by atoms with Crippen molar-refractivity contribution < 1.29 is 81.0 Å². The Morgan fingerprint density at radius 1 is 0.815 bits per heavy atom. The fourth-order valence-corrected chi connectivity index (χ4v) is 6.03. The van der Waals surface area contributed by atoms with E-state index in [0.717, 1.165) is 41.7 Å². The third-order valence-electron chi connectivity index (χ3n) is 6.79. The van der Waals surface area contributed by atoms with E-state index in [1.807, 2.05) is 0 Å². The Bertz CT molecular complexity index is 1310. The molecule has 1 saturated heterocycles. The van der Waals surface area contributed by atoms with E-state index in [4.69, 9.17) is 42.6 Å². The molecule has 6 atom stereocenters. The van der Waals surface area contributed by atoms with Crippen molar-refractivity contribution in [2.75, 3.05) is 59.0 Å². The second-order valence-electron chi connectivity index (χ2n) is 12.7. The Balaban J connectivity index is 3.11. The van der Waals surface area contributed by atoms with Crippen LogP contribution in [-0.2, 0) is 76.2 Å². The van der Waals surface area contributed by atoms with Crippen LogP contribution in [0.1, 0.15) is 61.8 Å². The Morgan fingerprint density at radius 2 is 1.41 bits per heavy atom. The van der Waals surface area contributed by atoms with Crippen LogP contribution in [0, 0.1) is 0 Å². The topological polar surface area (TPSA) is 256 Å². The lowest BCUT2D eigenvalue weighted by molar-refractivity contribution is -0.224. The zero-order valence-corrected chi connectivity index (χ0v) is 32.9. The Morgan fingerprint density at radius 3 is 1.91 bits per heavy atom. The molecule has 54 heavy (non-hydrogen) atoms. The van der Waals surface area contributed by atoms with Gasteiger partial charge in [0.2, 0.25) is 16.7 Å². The molecule has 0 saturated carbocycles. The fraction of sp³-hybridized carbons (Fsp3) is 0.758. The SMILES string of the molecule is COC(=O)[C@@]1(SCC(=O)NCCOCCOCCNC(=O)OC(C)(C)C)C[C@@H](OC(C)=O)[C@@H](NC(C)=O)C([C@H](OC(C)=O)[C@@H](COC(C)=O)OC(C)=O)O1. The van der Waals surface area contributed by atoms with Crippen molar-refractivity contribution in [3.63, 3.8) is 0 Å². The average molecular weight is 796 g/mol. The van der Waals surface area contributed by atoms with Gasteiger partial charge in [-0.2, -0.15) is 0 Å². The van der Waals surface area contributed by atoms with E-state index in [9.17, 15) is 38.4 Å². The number of esters is 5. The number of hydrogen-bond donors (Lipinski definition) is 3. The van der Waals surface area contributed by atoms with Gasteiger partial charge in [-0.3, -0.25) is 28.8 Å². The van der Waals surface area contributed by atoms with E-state index >= 15 is 0 Å². The van der Waals surface area contributed by atoms with Gasteiger partial charge in [-0.15, -0.1) is 11.8 Å². The molecule has 20 nitrogen and oxygen atoms in total. The van der Waals surface area contributed by atoms with Gasteiger partial charge >= 0.3 is 35.9 Å². The third kappa shape index (κ3) is 18.7. The molecule has 1 fully saturated rings. The van der Waals surface area contributed by atoms with Gasteiger partial charge in [0.15, 0.2) is 12.2 Å². The first-order valence-electron chi connectivity index (χ1n) is 16.9. The molecule has 1 aliphatic heterocycles. The molecule has 0 aromatic heterocycles. The smallest absolute Gasteiger partial charge is 0.407 e. The molecule has 0 spiro atoms. The first kappa shape index (κ1) is 47.8. The minimum absolute atomic E-state index is 0.0731. The van der Waals surface area contributed by atoms with Crippen LogP contribution in [0.15, 0.2) is 0 Å². The maximum absolute atomic E-state index is 13.5. The van der Waals surface area contributed by atoms with Crippen molar-refractivity contribution in [1.82, 2.24) is 16.0 Å². The standard InChI is InChI=1S/C33H53N3O17S/c1-19(37)36-27-24(49-21(3)39)16-33(30(43)45-9,52-29(27)28(51-23(5)41)25(50-22(4)40)17-48-20(2)38)54-18-26(42)34-10-12-46-14-15-47-13-11-35-31(44)53-32(6,7)8/h24-25,27-29H,10-18H2,1-9H3,(H,34,42)(H,35,44)(H,36,37)/t24-,25-,27-,28-,29?,33+/m1/s1. The lowest BCUT2D eigenvalue weighted by Gasteiger charge is -2.48. The highest BCUT2D eigenvalue weighted by molar-refractivity contribution is 8.01. The molecular weight excluding hydrogens is 742 g/mol. The van der Waals surface area contributed by atoms with Gasteiger partial charge < -0.3 is 58.6 Å². The number of amides is 3. The highest BCUT2D eigenvalue weighted by Crippen LogP contribution is 2.42. The van der Waals surface area contributed by atoms with Gasteiger partial charge in [0.25, 0.3) is 0 Å². The summed E-state index contributed by atoms with van der Waals surface area (Å²) in [6.45, 7) is 11.1. The Kier molecular flexibility index (Phi) is 20.8. The number of carbonyl (C=O) groups is 8. The summed E-state index contributed by atoms with van der Waals surface area (Å²) >= 11 is 0.660. The van der Waals surface area contributed by atoms with Gasteiger partial charge in [0.05, 0.1) is 45.3 Å². The van der Waals surface area contributed by atoms with Crippen LogP contribution in [0.3, 0.4) is 0 Å². The Labute approximate surface area is 317 Å². The molecule has 1 rings (SSSR count). The number of carbonyl (C=O) groups excluding carboxylic acids is 8. The monoisotopic (exact) mass is 795 g/mol. The van der Waals surface area contributed by atoms with E-state index in [1.165, 1.54) is 0 Å². The first-order chi connectivity index (χ1) is 25.2. The van der Waals surface area contributed by atoms with Gasteiger partial charge in [0.1, 0.15) is 24.4 Å². The molecule has 1 heterocycles. The van der Waals surface area contributed by atoms with Crippen LogP contribution >= 0.6 is 11.8 Å². The fourth-order valence-electron chi connectivity index (χ4n) is 4.90. The molecule has 1 unspecified atom stereocenters. The van der Waals surface area contributed by atoms with Gasteiger partial charge in [-0.25, -0.2) is 9.59 Å². The minimum Gasteiger partial charge on any atom is -0.466 e. The summed E-state index contributed by atoms with van der Waals surface area (Å²) in [6, 6.07) is -1.33. The summed E-state index contributed by atoms with van der Waals surface area (Å²) in [5, 5.41) is 7.77. The van der Waals surface area contributed by atoms with Crippen LogP contribution < -0.4 is 16.0 Å². The highest BCUT2D eigenvalue weighted by atomic mass is 32.2. The largest absolute Gasteiger partial charge is 0.466 e. The predicted molar refractivity (Wildman–Crippen MR) is 186 cm³/mol. The van der Waals surface area contributed by atoms with E-state index in [-0.39, 0.29) is 39.5 Å². The number of hydrogen-bond acceptors (Lipinski definition) is 18. The van der Waals surface area contributed by atoms with Crippen molar-refractivity contribution in [1.29, 1.82) is 0 Å². The van der Waals surface area contributed by atoms with E-state index in [2.05, 4.69) is 16.0 Å². The van der Waals surface area contributed by atoms with E-state index in [0.29, 0.717) is 11.8 Å². The molecule has 0 aliphatic carbocycles. The van der Waals surface area contributed by atoms with Crippen molar-refractivity contribution in [3.8, 4) is 0 Å². The Hall–Kier alpha value is -4.21. The molecule has 3 amide bonds. The highest BCUT2D eigenvalue weighted by Gasteiger charge is 2.58. The maximum atomic E-state index is 13.5. The van der Waals surface area contributed by atoms with Crippen LogP contribution in [-0.4, -0.2) is 148 Å². The lowest BCUT2D eigenvalue weighted by atomic mass is 9.89. The molecule has 0 radical (unpaired) electrons. The third-order valence-corrected chi connectivity index (χ3v) is 8.09. The van der Waals surface area contributed by atoms with Crippen molar-refractivity contribution in [2.45, 2.75) is 103 Å². The average Bonchev–Trinajstić information content (AvgIpc) is 3.04. The number of alkyl carbamates (subject to hydrolysis) is 1. The molecule has 308 valence electrons. The second-order valence-corrected chi connectivity index (χ2v) is 14.0. The quantitative estimate of drug-likeness (QED) is 0.0780. The molecule has 1 aliphatic rings. The summed E-state index contributed by atoms with van der Waals surface area (Å²) in [7, 11) is 1.05. The number of ether oxygens (including phenoxy) is 9. The summed E-state index contributed by atoms with van der Waals surface area (Å²) in [6.07, 6.45) is -7.22.